The van der Waals surface area contributed by atoms with E-state index in [-0.39, 0.29) is 12.4 Å². The molecule has 5 nitrogen and oxygen atoms in total. The average molecular weight is 420 g/mol. The fraction of sp³-hybridized carbons (Fsp3) is 0.240. The topological polar surface area (TPSA) is 56.5 Å². The van der Waals surface area contributed by atoms with Crippen molar-refractivity contribution in [2.24, 2.45) is 0 Å². The third-order valence-electron chi connectivity index (χ3n) is 4.95. The zero-order chi connectivity index (χ0) is 21.5. The van der Waals surface area contributed by atoms with Gasteiger partial charge in [0.2, 0.25) is 0 Å². The van der Waals surface area contributed by atoms with E-state index in [0.29, 0.717) is 31.9 Å². The Morgan fingerprint density at radius 2 is 1.65 bits per heavy atom. The second kappa shape index (κ2) is 10.2. The van der Waals surface area contributed by atoms with Crippen LogP contribution >= 0.6 is 0 Å². The van der Waals surface area contributed by atoms with E-state index in [1.807, 2.05) is 42.5 Å². The number of rotatable bonds is 10. The molecule has 0 bridgehead atoms. The van der Waals surface area contributed by atoms with Crippen LogP contribution in [0.3, 0.4) is 0 Å². The van der Waals surface area contributed by atoms with Crippen molar-refractivity contribution in [3.63, 3.8) is 0 Å². The van der Waals surface area contributed by atoms with E-state index in [1.54, 1.807) is 12.1 Å². The number of ether oxygens (including phenoxy) is 2. The van der Waals surface area contributed by atoms with Crippen LogP contribution in [-0.4, -0.2) is 40.6 Å². The molecule has 1 N–H and O–H groups in total. The van der Waals surface area contributed by atoms with Crippen molar-refractivity contribution in [1.82, 2.24) is 9.55 Å². The Labute approximate surface area is 180 Å². The lowest BCUT2D eigenvalue weighted by atomic mass is 10.1. The summed E-state index contributed by atoms with van der Waals surface area (Å²) in [6.07, 6.45) is 0.00664. The minimum atomic E-state index is -0.682. The maximum absolute atomic E-state index is 12.9. The molecule has 0 saturated heterocycles. The first-order valence-electron chi connectivity index (χ1n) is 10.3. The lowest BCUT2D eigenvalue weighted by Crippen LogP contribution is -2.24. The first-order chi connectivity index (χ1) is 15.2. The lowest BCUT2D eigenvalue weighted by molar-refractivity contribution is 0.0175. The average Bonchev–Trinajstić information content (AvgIpc) is 3.12. The van der Waals surface area contributed by atoms with E-state index in [2.05, 4.69) is 16.7 Å². The largest absolute Gasteiger partial charge is 0.491 e. The molecule has 1 aromatic heterocycles. The number of aliphatic hydroxyl groups excluding tert-OH is 1. The first-order valence-corrected chi connectivity index (χ1v) is 10.3. The molecule has 0 aliphatic heterocycles. The first kappa shape index (κ1) is 21.0. The van der Waals surface area contributed by atoms with Gasteiger partial charge in [0.05, 0.1) is 36.9 Å². The summed E-state index contributed by atoms with van der Waals surface area (Å²) in [5, 5.41) is 10.6. The molecular formula is C25H25FN2O3. The Bertz CT molecular complexity index is 1100. The molecule has 1 atom stereocenters. The minimum absolute atomic E-state index is 0.185. The Kier molecular flexibility index (Phi) is 6.92. The van der Waals surface area contributed by atoms with Gasteiger partial charge in [-0.3, -0.25) is 0 Å². The number of para-hydroxylation sites is 2. The van der Waals surface area contributed by atoms with Crippen molar-refractivity contribution in [1.29, 1.82) is 0 Å². The highest BCUT2D eigenvalue weighted by Gasteiger charge is 2.15. The van der Waals surface area contributed by atoms with Gasteiger partial charge in [-0.25, -0.2) is 9.37 Å². The molecule has 1 unspecified atom stereocenters. The molecule has 6 heteroatoms. The molecule has 4 rings (SSSR count). The SMILES string of the molecule is OC(COCCOc1ccc(F)cc1)Cn1c(Cc2ccccc2)nc2ccccc21. The zero-order valence-electron chi connectivity index (χ0n) is 17.2. The van der Waals surface area contributed by atoms with Crippen molar-refractivity contribution in [2.45, 2.75) is 19.1 Å². The van der Waals surface area contributed by atoms with Gasteiger partial charge in [0, 0.05) is 6.42 Å². The van der Waals surface area contributed by atoms with Crippen molar-refractivity contribution < 1.29 is 19.0 Å². The standard InChI is InChI=1S/C25H25FN2O3/c26-20-10-12-22(13-11-20)31-15-14-30-18-21(29)17-28-24-9-5-4-8-23(24)27-25(28)16-19-6-2-1-3-7-19/h1-13,21,29H,14-18H2. The van der Waals surface area contributed by atoms with E-state index in [4.69, 9.17) is 14.5 Å². The predicted molar refractivity (Wildman–Crippen MR) is 118 cm³/mol. The van der Waals surface area contributed by atoms with Crippen LogP contribution in [0.15, 0.2) is 78.9 Å². The summed E-state index contributed by atoms with van der Waals surface area (Å²) in [6.45, 7) is 1.23. The van der Waals surface area contributed by atoms with E-state index in [9.17, 15) is 9.50 Å². The Morgan fingerprint density at radius 1 is 0.903 bits per heavy atom. The van der Waals surface area contributed by atoms with Gasteiger partial charge in [-0.2, -0.15) is 0 Å². The van der Waals surface area contributed by atoms with Crippen molar-refractivity contribution in [3.05, 3.63) is 96.1 Å². The number of benzene rings is 3. The summed E-state index contributed by atoms with van der Waals surface area (Å²) >= 11 is 0. The van der Waals surface area contributed by atoms with Crippen LogP contribution in [0, 0.1) is 5.82 Å². The quantitative estimate of drug-likeness (QED) is 0.390. The smallest absolute Gasteiger partial charge is 0.123 e. The number of nitrogens with zero attached hydrogens (tertiary/aromatic N) is 2. The summed E-state index contributed by atoms with van der Waals surface area (Å²) in [5.41, 5.74) is 3.07. The van der Waals surface area contributed by atoms with Gasteiger partial charge in [0.1, 0.15) is 24.0 Å². The second-order valence-corrected chi connectivity index (χ2v) is 7.32. The molecule has 0 aliphatic rings. The van der Waals surface area contributed by atoms with E-state index in [0.717, 1.165) is 16.9 Å². The molecule has 0 amide bonds. The van der Waals surface area contributed by atoms with Crippen LogP contribution in [0.25, 0.3) is 11.0 Å². The summed E-state index contributed by atoms with van der Waals surface area (Å²) in [4.78, 5) is 4.77. The van der Waals surface area contributed by atoms with Gasteiger partial charge in [-0.05, 0) is 42.0 Å². The molecule has 0 spiro atoms. The molecule has 0 fully saturated rings. The summed E-state index contributed by atoms with van der Waals surface area (Å²) in [6, 6.07) is 23.9. The number of imidazole rings is 1. The van der Waals surface area contributed by atoms with Gasteiger partial charge >= 0.3 is 0 Å². The molecule has 3 aromatic carbocycles. The van der Waals surface area contributed by atoms with Crippen LogP contribution in [-0.2, 0) is 17.7 Å². The van der Waals surface area contributed by atoms with E-state index < -0.39 is 6.10 Å². The number of fused-ring (bicyclic) bond motifs is 1. The van der Waals surface area contributed by atoms with Crippen LogP contribution in [0.4, 0.5) is 4.39 Å². The highest BCUT2D eigenvalue weighted by atomic mass is 19.1. The van der Waals surface area contributed by atoms with Crippen LogP contribution in [0.1, 0.15) is 11.4 Å². The fourth-order valence-electron chi connectivity index (χ4n) is 3.47. The van der Waals surface area contributed by atoms with Crippen LogP contribution in [0.5, 0.6) is 5.75 Å². The molecule has 0 radical (unpaired) electrons. The highest BCUT2D eigenvalue weighted by molar-refractivity contribution is 5.76. The Morgan fingerprint density at radius 3 is 2.45 bits per heavy atom. The van der Waals surface area contributed by atoms with Gasteiger partial charge in [0.25, 0.3) is 0 Å². The highest BCUT2D eigenvalue weighted by Crippen LogP contribution is 2.19. The zero-order valence-corrected chi connectivity index (χ0v) is 17.2. The number of aliphatic hydroxyl groups is 1. The number of hydrogen-bond donors (Lipinski definition) is 1. The normalized spacial score (nSPS) is 12.2. The minimum Gasteiger partial charge on any atom is -0.491 e. The van der Waals surface area contributed by atoms with Crippen molar-refractivity contribution >= 4 is 11.0 Å². The van der Waals surface area contributed by atoms with Crippen molar-refractivity contribution in [3.8, 4) is 5.75 Å². The monoisotopic (exact) mass is 420 g/mol. The van der Waals surface area contributed by atoms with E-state index >= 15 is 0 Å². The number of aromatic nitrogens is 2. The van der Waals surface area contributed by atoms with Gasteiger partial charge in [-0.1, -0.05) is 42.5 Å². The second-order valence-electron chi connectivity index (χ2n) is 7.32. The molecule has 31 heavy (non-hydrogen) atoms. The Hall–Kier alpha value is -3.22. The molecule has 0 aliphatic carbocycles. The fourth-order valence-corrected chi connectivity index (χ4v) is 3.47. The van der Waals surface area contributed by atoms with Crippen LogP contribution < -0.4 is 4.74 Å². The van der Waals surface area contributed by atoms with Gasteiger partial charge in [0.15, 0.2) is 0 Å². The summed E-state index contributed by atoms with van der Waals surface area (Å²) in [7, 11) is 0. The number of halogens is 1. The number of hydrogen-bond acceptors (Lipinski definition) is 4. The van der Waals surface area contributed by atoms with Crippen molar-refractivity contribution in [2.75, 3.05) is 19.8 Å². The molecule has 4 aromatic rings. The third-order valence-corrected chi connectivity index (χ3v) is 4.95. The predicted octanol–water partition coefficient (Wildman–Crippen LogP) is 4.22. The third kappa shape index (κ3) is 5.69. The Balaban J connectivity index is 1.33. The molecule has 0 saturated carbocycles. The van der Waals surface area contributed by atoms with Crippen LogP contribution in [0.2, 0.25) is 0 Å². The molecular weight excluding hydrogens is 395 g/mol. The van der Waals surface area contributed by atoms with Gasteiger partial charge in [-0.15, -0.1) is 0 Å². The van der Waals surface area contributed by atoms with E-state index in [1.165, 1.54) is 17.7 Å². The molecule has 160 valence electrons. The van der Waals surface area contributed by atoms with Gasteiger partial charge < -0.3 is 19.1 Å². The lowest BCUT2D eigenvalue weighted by Gasteiger charge is -2.15. The maximum atomic E-state index is 12.9. The summed E-state index contributed by atoms with van der Waals surface area (Å²) < 4.78 is 26.0. The maximum Gasteiger partial charge on any atom is 0.123 e. The molecule has 1 heterocycles. The summed E-state index contributed by atoms with van der Waals surface area (Å²) in [5.74, 6) is 1.19.